The lowest BCUT2D eigenvalue weighted by molar-refractivity contribution is -0.125. The molecule has 8 atom stereocenters. The molecule has 43 heavy (non-hydrogen) atoms. The van der Waals surface area contributed by atoms with Crippen LogP contribution in [-0.4, -0.2) is 87.1 Å². The predicted molar refractivity (Wildman–Crippen MR) is 168 cm³/mol. The Kier molecular flexibility index (Phi) is 12.5. The lowest BCUT2D eigenvalue weighted by Crippen LogP contribution is -2.57. The Balaban J connectivity index is 1.33. The van der Waals surface area contributed by atoms with Crippen LogP contribution in [0.5, 0.6) is 0 Å². The van der Waals surface area contributed by atoms with Crippen molar-refractivity contribution in [3.63, 3.8) is 0 Å². The van der Waals surface area contributed by atoms with Crippen molar-refractivity contribution in [3.05, 3.63) is 34.9 Å². The molecule has 0 aromatic heterocycles. The first-order valence-corrected chi connectivity index (χ1v) is 17.8. The van der Waals surface area contributed by atoms with Gasteiger partial charge in [0.1, 0.15) is 6.04 Å². The van der Waals surface area contributed by atoms with Gasteiger partial charge in [-0.3, -0.25) is 4.79 Å². The number of alkyl carbamates (subject to hydrolysis) is 1. The molecule has 4 rings (SSSR count). The number of carbonyl (C=O) groups excluding carboxylic acids is 2. The molecule has 1 aromatic rings. The zero-order valence-electron chi connectivity index (χ0n) is 25.7. The average molecular weight is 641 g/mol. The summed E-state index contributed by atoms with van der Waals surface area (Å²) in [5.74, 6) is 0.220. The molecule has 1 saturated carbocycles. The molecule has 1 aromatic carbocycles. The third-order valence-corrected chi connectivity index (χ3v) is 11.4. The van der Waals surface area contributed by atoms with E-state index in [1.165, 1.54) is 7.11 Å². The summed E-state index contributed by atoms with van der Waals surface area (Å²) in [6.45, 7) is 5.12. The van der Waals surface area contributed by atoms with Gasteiger partial charge in [0.25, 0.3) is 0 Å². The quantitative estimate of drug-likeness (QED) is 0.315. The number of hydrogen-bond donors (Lipinski definition) is 3. The maximum absolute atomic E-state index is 13.6. The topological polar surface area (TPSA) is 126 Å². The molecular weight excluding hydrogens is 592 g/mol. The number of halogens is 1. The largest absolute Gasteiger partial charge is 0.453 e. The molecule has 12 heteroatoms. The molecule has 1 aliphatic carbocycles. The van der Waals surface area contributed by atoms with Crippen LogP contribution < -0.4 is 16.0 Å². The molecule has 2 aliphatic heterocycles. The summed E-state index contributed by atoms with van der Waals surface area (Å²) in [6, 6.07) is 6.98. The summed E-state index contributed by atoms with van der Waals surface area (Å²) in [6.07, 6.45) is 7.08. The van der Waals surface area contributed by atoms with Crippen LogP contribution in [0.15, 0.2) is 24.3 Å². The Hall–Kier alpha value is -1.92. The number of benzene rings is 1. The zero-order chi connectivity index (χ0) is 31.0. The van der Waals surface area contributed by atoms with Gasteiger partial charge in [0.2, 0.25) is 15.9 Å². The van der Waals surface area contributed by atoms with Gasteiger partial charge in [-0.2, -0.15) is 4.31 Å². The van der Waals surface area contributed by atoms with Gasteiger partial charge in [-0.05, 0) is 82.4 Å². The van der Waals surface area contributed by atoms with Crippen LogP contribution in [0.25, 0.3) is 0 Å². The lowest BCUT2D eigenvalue weighted by Gasteiger charge is -2.39. The Morgan fingerprint density at radius 2 is 1.81 bits per heavy atom. The summed E-state index contributed by atoms with van der Waals surface area (Å²) in [7, 11) is -1.96. The molecule has 10 nitrogen and oxygen atoms in total. The van der Waals surface area contributed by atoms with Crippen LogP contribution in [0.3, 0.4) is 0 Å². The van der Waals surface area contributed by atoms with Crippen molar-refractivity contribution in [2.24, 2.45) is 5.92 Å². The first kappa shape index (κ1) is 34.0. The summed E-state index contributed by atoms with van der Waals surface area (Å²) in [5, 5.41) is 10.2. The highest BCUT2D eigenvalue weighted by Crippen LogP contribution is 2.31. The Labute approximate surface area is 262 Å². The fourth-order valence-electron chi connectivity index (χ4n) is 6.90. The second-order valence-electron chi connectivity index (χ2n) is 12.5. The van der Waals surface area contributed by atoms with Crippen molar-refractivity contribution in [2.75, 3.05) is 26.0 Å². The number of nitrogens with one attached hydrogen (secondary N) is 3. The van der Waals surface area contributed by atoms with Crippen molar-refractivity contribution in [3.8, 4) is 0 Å². The third kappa shape index (κ3) is 10.0. The van der Waals surface area contributed by atoms with E-state index in [2.05, 4.69) is 16.0 Å². The molecule has 2 heterocycles. The number of methoxy groups -OCH3 is 1. The van der Waals surface area contributed by atoms with Crippen LogP contribution in [0, 0.1) is 5.92 Å². The number of carbonyl (C=O) groups is 2. The second-order valence-corrected chi connectivity index (χ2v) is 15.0. The molecule has 3 aliphatic rings. The van der Waals surface area contributed by atoms with Gasteiger partial charge in [-0.15, -0.1) is 0 Å². The number of fused-ring (bicyclic) bond motifs is 2. The van der Waals surface area contributed by atoms with Crippen LogP contribution in [0.1, 0.15) is 77.2 Å². The molecule has 0 spiro atoms. The van der Waals surface area contributed by atoms with Gasteiger partial charge in [-0.25, -0.2) is 13.2 Å². The minimum absolute atomic E-state index is 0.0340. The summed E-state index contributed by atoms with van der Waals surface area (Å²) in [5.41, 5.74) is 1.10. The van der Waals surface area contributed by atoms with E-state index in [4.69, 9.17) is 21.1 Å². The molecule has 3 fully saturated rings. The van der Waals surface area contributed by atoms with E-state index in [1.807, 2.05) is 38.1 Å². The normalized spacial score (nSPS) is 29.0. The van der Waals surface area contributed by atoms with Gasteiger partial charge in [0.15, 0.2) is 0 Å². The van der Waals surface area contributed by atoms with E-state index in [0.29, 0.717) is 37.4 Å². The Morgan fingerprint density at radius 1 is 1.07 bits per heavy atom. The molecule has 1 unspecified atom stereocenters. The summed E-state index contributed by atoms with van der Waals surface area (Å²) < 4.78 is 38.6. The van der Waals surface area contributed by atoms with Crippen LogP contribution in [0.4, 0.5) is 4.79 Å². The first-order valence-electron chi connectivity index (χ1n) is 15.8. The van der Waals surface area contributed by atoms with Crippen molar-refractivity contribution in [2.45, 2.75) is 114 Å². The fraction of sp³-hybridized carbons (Fsp3) is 0.742. The molecule has 3 N–H and O–H groups in total. The van der Waals surface area contributed by atoms with E-state index < -0.39 is 22.2 Å². The number of amides is 2. The third-order valence-electron chi connectivity index (χ3n) is 9.13. The summed E-state index contributed by atoms with van der Waals surface area (Å²) >= 11 is 6.00. The standard InChI is InChI=1S/C31H49ClN4O6S/c1-21(17-23-10-13-25(32)14-11-23)42-22(2)18-29(35-31(38)41-3)30(37)34-28-9-5-4-7-24(28)12-15-27-19-33-26-8-6-16-43(39,40)36(27)20-26/h10-11,13-14,21-22,24,26-29,33H,4-9,12,15-20H2,1-3H3,(H,34,37)(H,35,38)/t21-,22+,24+,26+,27-,28-,29-/m0/s1. The van der Waals surface area contributed by atoms with E-state index in [9.17, 15) is 18.0 Å². The van der Waals surface area contributed by atoms with E-state index >= 15 is 0 Å². The smallest absolute Gasteiger partial charge is 0.407 e. The minimum Gasteiger partial charge on any atom is -0.453 e. The van der Waals surface area contributed by atoms with Gasteiger partial charge in [0.05, 0.1) is 25.1 Å². The lowest BCUT2D eigenvalue weighted by atomic mass is 9.80. The highest BCUT2D eigenvalue weighted by Gasteiger charge is 2.39. The molecule has 242 valence electrons. The Morgan fingerprint density at radius 3 is 2.56 bits per heavy atom. The monoisotopic (exact) mass is 640 g/mol. The Bertz CT molecular complexity index is 1170. The molecule has 2 saturated heterocycles. The van der Waals surface area contributed by atoms with E-state index in [0.717, 1.165) is 50.5 Å². The van der Waals surface area contributed by atoms with Crippen LogP contribution >= 0.6 is 11.6 Å². The zero-order valence-corrected chi connectivity index (χ0v) is 27.3. The van der Waals surface area contributed by atoms with E-state index in [-0.39, 0.29) is 47.9 Å². The van der Waals surface area contributed by atoms with Crippen molar-refractivity contribution < 1.29 is 27.5 Å². The van der Waals surface area contributed by atoms with Gasteiger partial charge >= 0.3 is 6.09 Å². The van der Waals surface area contributed by atoms with Gasteiger partial charge in [-0.1, -0.05) is 36.6 Å². The first-order chi connectivity index (χ1) is 20.5. The highest BCUT2D eigenvalue weighted by atomic mass is 35.5. The molecule has 2 amide bonds. The van der Waals surface area contributed by atoms with Crippen molar-refractivity contribution >= 4 is 33.6 Å². The number of sulfonamides is 1. The van der Waals surface area contributed by atoms with Gasteiger partial charge < -0.3 is 25.4 Å². The van der Waals surface area contributed by atoms with E-state index in [1.54, 1.807) is 4.31 Å². The van der Waals surface area contributed by atoms with Crippen molar-refractivity contribution in [1.82, 2.24) is 20.3 Å². The molecule has 2 bridgehead atoms. The maximum Gasteiger partial charge on any atom is 0.407 e. The number of ether oxygens (including phenoxy) is 2. The highest BCUT2D eigenvalue weighted by molar-refractivity contribution is 7.89. The second kappa shape index (κ2) is 15.9. The molecular formula is C31H49ClN4O6S. The van der Waals surface area contributed by atoms with Crippen LogP contribution in [-0.2, 0) is 30.7 Å². The van der Waals surface area contributed by atoms with Gasteiger partial charge in [0, 0.05) is 42.7 Å². The molecule has 0 radical (unpaired) electrons. The number of piperazine rings is 1. The number of rotatable bonds is 12. The fourth-order valence-corrected chi connectivity index (χ4v) is 8.83. The minimum atomic E-state index is -3.24. The SMILES string of the molecule is COC(=O)N[C@@H](C[C@@H](C)O[C@@H](C)Cc1ccc(Cl)cc1)C(=O)N[C@H]1CCCC[C@@H]1CC[C@H]1CN[C@@H]2CCCS(=O)(=O)N1C2. The average Bonchev–Trinajstić information content (AvgIpc) is 3.08. The number of nitrogens with zero attached hydrogens (tertiary/aromatic N) is 1. The predicted octanol–water partition coefficient (Wildman–Crippen LogP) is 4.01. The van der Waals surface area contributed by atoms with Crippen LogP contribution in [0.2, 0.25) is 5.02 Å². The summed E-state index contributed by atoms with van der Waals surface area (Å²) in [4.78, 5) is 25.7. The van der Waals surface area contributed by atoms with Crippen molar-refractivity contribution in [1.29, 1.82) is 0 Å². The number of hydrogen-bond acceptors (Lipinski definition) is 7. The maximum atomic E-state index is 13.6.